The Morgan fingerprint density at radius 1 is 1.24 bits per heavy atom. The molecule has 1 heterocycles. The molecule has 1 unspecified atom stereocenters. The number of benzene rings is 1. The van der Waals surface area contributed by atoms with Crippen LogP contribution >= 0.6 is 0 Å². The fourth-order valence-electron chi connectivity index (χ4n) is 3.27. The highest BCUT2D eigenvalue weighted by molar-refractivity contribution is 5.55. The number of anilines is 1. The molecule has 1 aliphatic heterocycles. The predicted octanol–water partition coefficient (Wildman–Crippen LogP) is 3.95. The van der Waals surface area contributed by atoms with E-state index in [0.717, 1.165) is 37.3 Å². The van der Waals surface area contributed by atoms with Gasteiger partial charge in [0.15, 0.2) is 0 Å². The molecule has 0 aromatic heterocycles. The van der Waals surface area contributed by atoms with Crippen molar-refractivity contribution in [3.63, 3.8) is 0 Å². The lowest BCUT2D eigenvalue weighted by Gasteiger charge is -2.28. The summed E-state index contributed by atoms with van der Waals surface area (Å²) in [5.74, 6) is 0.570. The van der Waals surface area contributed by atoms with Gasteiger partial charge in [0.1, 0.15) is 5.82 Å². The van der Waals surface area contributed by atoms with Crippen LogP contribution in [0.1, 0.15) is 45.6 Å². The summed E-state index contributed by atoms with van der Waals surface area (Å²) in [6, 6.07) is 6.15. The van der Waals surface area contributed by atoms with Crippen LogP contribution in [-0.2, 0) is 6.54 Å². The number of halogens is 1. The third kappa shape index (κ3) is 3.39. The zero-order valence-electron chi connectivity index (χ0n) is 13.5. The van der Waals surface area contributed by atoms with Crippen molar-refractivity contribution in [2.75, 3.05) is 18.0 Å². The van der Waals surface area contributed by atoms with Gasteiger partial charge in [0, 0.05) is 25.7 Å². The van der Waals surface area contributed by atoms with Crippen LogP contribution in [0.3, 0.4) is 0 Å². The summed E-state index contributed by atoms with van der Waals surface area (Å²) in [5, 5.41) is 3.51. The molecular weight excluding hydrogens is 263 g/mol. The van der Waals surface area contributed by atoms with Crippen LogP contribution in [0.5, 0.6) is 0 Å². The maximum absolute atomic E-state index is 14.4. The van der Waals surface area contributed by atoms with E-state index in [4.69, 9.17) is 0 Å². The lowest BCUT2D eigenvalue weighted by atomic mass is 9.80. The first-order valence-electron chi connectivity index (χ1n) is 8.21. The average Bonchev–Trinajstić information content (AvgIpc) is 3.10. The van der Waals surface area contributed by atoms with Gasteiger partial charge in [-0.2, -0.15) is 0 Å². The summed E-state index contributed by atoms with van der Waals surface area (Å²) in [6.45, 7) is 9.60. The normalized spacial score (nSPS) is 22.9. The molecule has 0 amide bonds. The van der Waals surface area contributed by atoms with Crippen LogP contribution in [0, 0.1) is 17.2 Å². The van der Waals surface area contributed by atoms with E-state index in [1.54, 1.807) is 6.07 Å². The van der Waals surface area contributed by atoms with Crippen LogP contribution in [0.25, 0.3) is 0 Å². The molecule has 1 N–H and O–H groups in total. The highest BCUT2D eigenvalue weighted by atomic mass is 19.1. The highest BCUT2D eigenvalue weighted by Crippen LogP contribution is 2.37. The van der Waals surface area contributed by atoms with Crippen LogP contribution in [-0.4, -0.2) is 19.1 Å². The van der Waals surface area contributed by atoms with Crippen molar-refractivity contribution < 1.29 is 4.39 Å². The van der Waals surface area contributed by atoms with E-state index in [0.29, 0.717) is 17.4 Å². The Hall–Kier alpha value is -1.09. The standard InChI is InChI=1S/C18H27FN2/c1-18(2,3)14-9-10-21(12-14)17-13(5-4-6-16(17)19)11-20-15-7-8-15/h4-6,14-15,20H,7-12H2,1-3H3. The average molecular weight is 290 g/mol. The Morgan fingerprint density at radius 2 is 2.00 bits per heavy atom. The van der Waals surface area contributed by atoms with Gasteiger partial charge in [-0.3, -0.25) is 0 Å². The van der Waals surface area contributed by atoms with Crippen molar-refractivity contribution in [1.29, 1.82) is 0 Å². The molecule has 3 rings (SSSR count). The van der Waals surface area contributed by atoms with Gasteiger partial charge in [0.05, 0.1) is 5.69 Å². The first-order chi connectivity index (χ1) is 9.95. The minimum absolute atomic E-state index is 0.0698. The molecule has 1 saturated carbocycles. The molecule has 1 aromatic carbocycles. The van der Waals surface area contributed by atoms with E-state index in [-0.39, 0.29) is 5.82 Å². The van der Waals surface area contributed by atoms with Crippen molar-refractivity contribution in [2.45, 2.75) is 52.6 Å². The lowest BCUT2D eigenvalue weighted by molar-refractivity contribution is 0.263. The second kappa shape index (κ2) is 5.60. The molecule has 1 aliphatic carbocycles. The maximum Gasteiger partial charge on any atom is 0.146 e. The fraction of sp³-hybridized carbons (Fsp3) is 0.667. The molecule has 1 saturated heterocycles. The minimum Gasteiger partial charge on any atom is -0.369 e. The van der Waals surface area contributed by atoms with Crippen molar-refractivity contribution in [1.82, 2.24) is 5.32 Å². The van der Waals surface area contributed by atoms with Crippen molar-refractivity contribution in [3.05, 3.63) is 29.6 Å². The number of nitrogens with one attached hydrogen (secondary N) is 1. The van der Waals surface area contributed by atoms with E-state index in [2.05, 4.69) is 37.1 Å². The maximum atomic E-state index is 14.4. The second-order valence-electron chi connectivity index (χ2n) is 7.70. The molecule has 0 radical (unpaired) electrons. The van der Waals surface area contributed by atoms with Gasteiger partial charge in [0.2, 0.25) is 0 Å². The van der Waals surface area contributed by atoms with E-state index < -0.39 is 0 Å². The summed E-state index contributed by atoms with van der Waals surface area (Å²) in [7, 11) is 0. The van der Waals surface area contributed by atoms with Gasteiger partial charge in [-0.15, -0.1) is 0 Å². The van der Waals surface area contributed by atoms with Gasteiger partial charge in [0.25, 0.3) is 0 Å². The molecule has 3 heteroatoms. The first-order valence-corrected chi connectivity index (χ1v) is 8.21. The number of hydrogen-bond donors (Lipinski definition) is 1. The lowest BCUT2D eigenvalue weighted by Crippen LogP contribution is -2.28. The van der Waals surface area contributed by atoms with Gasteiger partial charge < -0.3 is 10.2 Å². The van der Waals surface area contributed by atoms with Gasteiger partial charge in [-0.05, 0) is 42.2 Å². The number of para-hydroxylation sites is 1. The summed E-state index contributed by atoms with van der Waals surface area (Å²) < 4.78 is 14.4. The minimum atomic E-state index is -0.0698. The van der Waals surface area contributed by atoms with E-state index in [9.17, 15) is 4.39 Å². The van der Waals surface area contributed by atoms with Crippen LogP contribution < -0.4 is 10.2 Å². The van der Waals surface area contributed by atoms with Crippen LogP contribution in [0.4, 0.5) is 10.1 Å². The van der Waals surface area contributed by atoms with Crippen LogP contribution in [0.15, 0.2) is 18.2 Å². The Balaban J connectivity index is 1.77. The number of rotatable bonds is 4. The molecule has 21 heavy (non-hydrogen) atoms. The monoisotopic (exact) mass is 290 g/mol. The molecule has 0 spiro atoms. The Labute approximate surface area is 127 Å². The van der Waals surface area contributed by atoms with Crippen molar-refractivity contribution in [3.8, 4) is 0 Å². The van der Waals surface area contributed by atoms with E-state index in [1.807, 2.05) is 6.07 Å². The number of hydrogen-bond acceptors (Lipinski definition) is 2. The van der Waals surface area contributed by atoms with Gasteiger partial charge in [-0.1, -0.05) is 32.9 Å². The predicted molar refractivity (Wildman–Crippen MR) is 86.0 cm³/mol. The quantitative estimate of drug-likeness (QED) is 0.903. The molecule has 2 nitrogen and oxygen atoms in total. The third-order valence-corrected chi connectivity index (χ3v) is 4.96. The molecule has 2 aliphatic rings. The molecular formula is C18H27FN2. The molecule has 116 valence electrons. The third-order valence-electron chi connectivity index (χ3n) is 4.96. The first kappa shape index (κ1) is 14.8. The van der Waals surface area contributed by atoms with Crippen LogP contribution in [0.2, 0.25) is 0 Å². The SMILES string of the molecule is CC(C)(C)C1CCN(c2c(F)cccc2CNC2CC2)C1. The summed E-state index contributed by atoms with van der Waals surface area (Å²) in [5.41, 5.74) is 2.24. The fourth-order valence-corrected chi connectivity index (χ4v) is 3.27. The zero-order chi connectivity index (χ0) is 15.0. The molecule has 1 aromatic rings. The number of nitrogens with zero attached hydrogens (tertiary/aromatic N) is 1. The van der Waals surface area contributed by atoms with E-state index in [1.165, 1.54) is 12.8 Å². The zero-order valence-corrected chi connectivity index (χ0v) is 13.5. The van der Waals surface area contributed by atoms with Crippen molar-refractivity contribution >= 4 is 5.69 Å². The molecule has 1 atom stereocenters. The van der Waals surface area contributed by atoms with E-state index >= 15 is 0 Å². The smallest absolute Gasteiger partial charge is 0.146 e. The van der Waals surface area contributed by atoms with Gasteiger partial charge >= 0.3 is 0 Å². The largest absolute Gasteiger partial charge is 0.369 e. The second-order valence-corrected chi connectivity index (χ2v) is 7.70. The van der Waals surface area contributed by atoms with Crippen molar-refractivity contribution in [2.24, 2.45) is 11.3 Å². The topological polar surface area (TPSA) is 15.3 Å². The summed E-state index contributed by atoms with van der Waals surface area (Å²) >= 11 is 0. The Kier molecular flexibility index (Phi) is 3.96. The Morgan fingerprint density at radius 3 is 2.62 bits per heavy atom. The molecule has 0 bridgehead atoms. The van der Waals surface area contributed by atoms with Gasteiger partial charge in [-0.25, -0.2) is 4.39 Å². The summed E-state index contributed by atoms with van der Waals surface area (Å²) in [4.78, 5) is 2.26. The summed E-state index contributed by atoms with van der Waals surface area (Å²) in [6.07, 6.45) is 3.69. The highest BCUT2D eigenvalue weighted by Gasteiger charge is 2.33. The molecule has 2 fully saturated rings. The Bertz CT molecular complexity index is 502.